The van der Waals surface area contributed by atoms with Gasteiger partial charge in [0.05, 0.1) is 11.1 Å². The van der Waals surface area contributed by atoms with E-state index < -0.39 is 10.0 Å². The minimum atomic E-state index is -3.73. The van der Waals surface area contributed by atoms with Gasteiger partial charge in [-0.05, 0) is 36.2 Å². The van der Waals surface area contributed by atoms with Crippen molar-refractivity contribution in [3.05, 3.63) is 58.6 Å². The molecule has 2 aromatic carbocycles. The summed E-state index contributed by atoms with van der Waals surface area (Å²) in [6, 6.07) is 12.2. The highest BCUT2D eigenvalue weighted by Gasteiger charge is 2.25. The second-order valence-electron chi connectivity index (χ2n) is 6.13. The Balaban J connectivity index is 1.88. The Morgan fingerprint density at radius 2 is 1.96 bits per heavy atom. The van der Waals surface area contributed by atoms with Crippen molar-refractivity contribution in [2.24, 2.45) is 0 Å². The van der Waals surface area contributed by atoms with E-state index in [2.05, 4.69) is 5.32 Å². The van der Waals surface area contributed by atoms with E-state index in [0.717, 1.165) is 26.9 Å². The molecule has 0 saturated heterocycles. The van der Waals surface area contributed by atoms with E-state index in [9.17, 15) is 13.2 Å². The number of fused-ring (bicyclic) bond motifs is 1. The standard InChI is InChI=1S/C18H19ClN2O3S2/c1-21(2)26(23,24)17-11-12(7-8-14(17)19)18(22)20-15-9-10-25-16-6-4-3-5-13(15)16/h3-8,11,15H,9-10H2,1-2H3,(H,20,22)/t15-/m1/s1. The number of amides is 1. The molecule has 138 valence electrons. The fourth-order valence-corrected chi connectivity index (χ4v) is 5.29. The number of thioether (sulfide) groups is 1. The number of carbonyl (C=O) groups is 1. The highest BCUT2D eigenvalue weighted by Crippen LogP contribution is 2.36. The lowest BCUT2D eigenvalue weighted by Gasteiger charge is -2.26. The average molecular weight is 411 g/mol. The molecule has 0 bridgehead atoms. The quantitative estimate of drug-likeness (QED) is 0.836. The van der Waals surface area contributed by atoms with Crippen LogP contribution in [0.4, 0.5) is 0 Å². The molecule has 1 atom stereocenters. The average Bonchev–Trinajstić information content (AvgIpc) is 2.62. The normalized spacial score (nSPS) is 17.0. The van der Waals surface area contributed by atoms with Gasteiger partial charge in [0.2, 0.25) is 10.0 Å². The smallest absolute Gasteiger partial charge is 0.251 e. The molecule has 1 aliphatic heterocycles. The van der Waals surface area contributed by atoms with Crippen molar-refractivity contribution >= 4 is 39.3 Å². The Labute approximate surface area is 162 Å². The van der Waals surface area contributed by atoms with Gasteiger partial charge >= 0.3 is 0 Å². The molecule has 0 aromatic heterocycles. The second-order valence-corrected chi connectivity index (χ2v) is 9.80. The molecule has 0 aliphatic carbocycles. The SMILES string of the molecule is CN(C)S(=O)(=O)c1cc(C(=O)N[C@@H]2CCSc3ccccc32)ccc1Cl. The minimum Gasteiger partial charge on any atom is -0.345 e. The third kappa shape index (κ3) is 3.76. The van der Waals surface area contributed by atoms with Crippen LogP contribution in [0.1, 0.15) is 28.4 Å². The first-order valence-electron chi connectivity index (χ1n) is 8.05. The summed E-state index contributed by atoms with van der Waals surface area (Å²) in [5.41, 5.74) is 1.36. The molecule has 8 heteroatoms. The first-order chi connectivity index (χ1) is 12.3. The van der Waals surface area contributed by atoms with Gasteiger partial charge in [-0.25, -0.2) is 12.7 Å². The van der Waals surface area contributed by atoms with Gasteiger partial charge < -0.3 is 5.32 Å². The number of hydrogen-bond acceptors (Lipinski definition) is 4. The van der Waals surface area contributed by atoms with E-state index in [1.165, 1.54) is 32.3 Å². The molecule has 26 heavy (non-hydrogen) atoms. The van der Waals surface area contributed by atoms with Crippen LogP contribution in [-0.4, -0.2) is 38.5 Å². The lowest BCUT2D eigenvalue weighted by molar-refractivity contribution is 0.0934. The zero-order chi connectivity index (χ0) is 18.9. The molecule has 0 radical (unpaired) electrons. The molecular formula is C18H19ClN2O3S2. The third-order valence-electron chi connectivity index (χ3n) is 4.22. The van der Waals surface area contributed by atoms with E-state index >= 15 is 0 Å². The van der Waals surface area contributed by atoms with Gasteiger partial charge in [-0.2, -0.15) is 0 Å². The van der Waals surface area contributed by atoms with Crippen LogP contribution in [0.25, 0.3) is 0 Å². The number of rotatable bonds is 4. The van der Waals surface area contributed by atoms with Gasteiger partial charge in [-0.15, -0.1) is 11.8 Å². The van der Waals surface area contributed by atoms with Crippen molar-refractivity contribution < 1.29 is 13.2 Å². The van der Waals surface area contributed by atoms with Gasteiger partial charge in [-0.1, -0.05) is 29.8 Å². The number of nitrogens with one attached hydrogen (secondary N) is 1. The van der Waals surface area contributed by atoms with Gasteiger partial charge in [0.25, 0.3) is 5.91 Å². The lowest BCUT2D eigenvalue weighted by Crippen LogP contribution is -2.31. The second kappa shape index (κ2) is 7.60. The van der Waals surface area contributed by atoms with Crippen LogP contribution in [0.5, 0.6) is 0 Å². The summed E-state index contributed by atoms with van der Waals surface area (Å²) in [5, 5.41) is 3.11. The topological polar surface area (TPSA) is 66.5 Å². The number of sulfonamides is 1. The highest BCUT2D eigenvalue weighted by molar-refractivity contribution is 7.99. The molecule has 0 saturated carbocycles. The maximum absolute atomic E-state index is 12.7. The molecular weight excluding hydrogens is 392 g/mol. The summed E-state index contributed by atoms with van der Waals surface area (Å²) < 4.78 is 25.9. The van der Waals surface area contributed by atoms with Gasteiger partial charge in [0.15, 0.2) is 0 Å². The zero-order valence-corrected chi connectivity index (χ0v) is 16.8. The number of carbonyl (C=O) groups excluding carboxylic acids is 1. The Kier molecular flexibility index (Phi) is 5.62. The fourth-order valence-electron chi connectivity index (χ4n) is 2.77. The molecule has 0 spiro atoms. The molecule has 1 aliphatic rings. The van der Waals surface area contributed by atoms with Crippen LogP contribution in [0.2, 0.25) is 5.02 Å². The summed E-state index contributed by atoms with van der Waals surface area (Å²) in [6.45, 7) is 0. The maximum Gasteiger partial charge on any atom is 0.251 e. The monoisotopic (exact) mass is 410 g/mol. The molecule has 5 nitrogen and oxygen atoms in total. The Morgan fingerprint density at radius 3 is 2.69 bits per heavy atom. The van der Waals surface area contributed by atoms with E-state index in [0.29, 0.717) is 0 Å². The molecule has 1 heterocycles. The van der Waals surface area contributed by atoms with E-state index in [-0.39, 0.29) is 27.4 Å². The minimum absolute atomic E-state index is 0.0728. The first kappa shape index (κ1) is 19.2. The van der Waals surface area contributed by atoms with Crippen molar-refractivity contribution in [2.45, 2.75) is 22.3 Å². The largest absolute Gasteiger partial charge is 0.345 e. The first-order valence-corrected chi connectivity index (χ1v) is 10.9. The van der Waals surface area contributed by atoms with Crippen molar-refractivity contribution in [1.29, 1.82) is 0 Å². The van der Waals surface area contributed by atoms with Gasteiger partial charge in [-0.3, -0.25) is 4.79 Å². The molecule has 0 unspecified atom stereocenters. The van der Waals surface area contributed by atoms with E-state index in [1.54, 1.807) is 11.8 Å². The molecule has 1 N–H and O–H groups in total. The Bertz CT molecular complexity index is 945. The van der Waals surface area contributed by atoms with E-state index in [4.69, 9.17) is 11.6 Å². The zero-order valence-electron chi connectivity index (χ0n) is 14.4. The molecule has 1 amide bonds. The number of halogens is 1. The summed E-state index contributed by atoms with van der Waals surface area (Å²) in [5.74, 6) is 0.603. The third-order valence-corrected chi connectivity index (χ3v) is 7.64. The number of benzene rings is 2. The predicted molar refractivity (Wildman–Crippen MR) is 104 cm³/mol. The van der Waals surface area contributed by atoms with E-state index in [1.807, 2.05) is 24.3 Å². The Morgan fingerprint density at radius 1 is 1.23 bits per heavy atom. The highest BCUT2D eigenvalue weighted by atomic mass is 35.5. The summed E-state index contributed by atoms with van der Waals surface area (Å²) in [4.78, 5) is 13.8. The van der Waals surface area contributed by atoms with Crippen molar-refractivity contribution in [3.63, 3.8) is 0 Å². The number of hydrogen-bond donors (Lipinski definition) is 1. The summed E-state index contributed by atoms with van der Waals surface area (Å²) in [6.07, 6.45) is 0.823. The van der Waals surface area contributed by atoms with Crippen molar-refractivity contribution in [1.82, 2.24) is 9.62 Å². The number of nitrogens with zero attached hydrogens (tertiary/aromatic N) is 1. The van der Waals surface area contributed by atoms with Crippen LogP contribution >= 0.6 is 23.4 Å². The summed E-state index contributed by atoms with van der Waals surface area (Å²) >= 11 is 7.82. The molecule has 3 rings (SSSR count). The van der Waals surface area contributed by atoms with Crippen LogP contribution in [0.3, 0.4) is 0 Å². The van der Waals surface area contributed by atoms with Crippen LogP contribution < -0.4 is 5.32 Å². The van der Waals surface area contributed by atoms with Crippen molar-refractivity contribution in [3.8, 4) is 0 Å². The van der Waals surface area contributed by atoms with Gasteiger partial charge in [0, 0.05) is 30.3 Å². The lowest BCUT2D eigenvalue weighted by atomic mass is 10.0. The predicted octanol–water partition coefficient (Wildman–Crippen LogP) is 3.56. The fraction of sp³-hybridized carbons (Fsp3) is 0.278. The van der Waals surface area contributed by atoms with Crippen LogP contribution in [-0.2, 0) is 10.0 Å². The molecule has 0 fully saturated rings. The summed E-state index contributed by atoms with van der Waals surface area (Å²) in [7, 11) is -0.876. The Hall–Kier alpha value is -1.54. The van der Waals surface area contributed by atoms with Gasteiger partial charge in [0.1, 0.15) is 4.90 Å². The molecule has 2 aromatic rings. The van der Waals surface area contributed by atoms with Crippen molar-refractivity contribution in [2.75, 3.05) is 19.8 Å². The van der Waals surface area contributed by atoms with Crippen LogP contribution in [0, 0.1) is 0 Å². The maximum atomic E-state index is 12.7. The van der Waals surface area contributed by atoms with Crippen LogP contribution in [0.15, 0.2) is 52.3 Å².